The maximum atomic E-state index is 12.8. The van der Waals surface area contributed by atoms with Gasteiger partial charge in [0.25, 0.3) is 5.56 Å². The number of hydrogen-bond donors (Lipinski definition) is 2. The minimum atomic E-state index is -0.245. The van der Waals surface area contributed by atoms with Gasteiger partial charge in [0.05, 0.1) is 12.2 Å². The molecule has 182 valence electrons. The van der Waals surface area contributed by atoms with E-state index < -0.39 is 0 Å². The molecule has 4 aromatic rings. The second kappa shape index (κ2) is 12.0. The molecule has 0 bridgehead atoms. The average Bonchev–Trinajstić information content (AvgIpc) is 3.12. The van der Waals surface area contributed by atoms with Crippen LogP contribution in [0.25, 0.3) is 0 Å². The zero-order valence-corrected chi connectivity index (χ0v) is 21.2. The van der Waals surface area contributed by atoms with Crippen LogP contribution in [0.3, 0.4) is 0 Å². The number of phenolic OH excluding ortho intramolecular Hbond substituents is 1. The largest absolute Gasteiger partial charge is 0.505 e. The number of para-hydroxylation sites is 1. The normalized spacial score (nSPS) is 10.9. The van der Waals surface area contributed by atoms with Crippen LogP contribution in [0, 0.1) is 20.8 Å². The predicted molar refractivity (Wildman–Crippen MR) is 142 cm³/mol. The number of nitrogens with one attached hydrogen (secondary N) is 1. The van der Waals surface area contributed by atoms with Gasteiger partial charge in [-0.25, -0.2) is 4.68 Å². The van der Waals surface area contributed by atoms with Gasteiger partial charge in [0.1, 0.15) is 11.4 Å². The molecule has 4 rings (SSSR count). The van der Waals surface area contributed by atoms with Gasteiger partial charge in [0, 0.05) is 0 Å². The fourth-order valence-electron chi connectivity index (χ4n) is 4.06. The van der Waals surface area contributed by atoms with Crippen LogP contribution in [0.1, 0.15) is 47.4 Å². The lowest BCUT2D eigenvalue weighted by atomic mass is 9.96. The zero-order chi connectivity index (χ0) is 25.4. The minimum Gasteiger partial charge on any atom is -0.505 e. The Labute approximate surface area is 207 Å². The molecule has 0 unspecified atom stereocenters. The Kier molecular flexibility index (Phi) is 8.79. The highest BCUT2D eigenvalue weighted by atomic mass is 16.3. The summed E-state index contributed by atoms with van der Waals surface area (Å²) in [6.45, 7) is 10.4. The molecule has 2 N–H and O–H groups in total. The number of aryl methyl sites for hydroxylation is 4. The lowest BCUT2D eigenvalue weighted by Crippen LogP contribution is -2.17. The van der Waals surface area contributed by atoms with Gasteiger partial charge in [0.2, 0.25) is 0 Å². The van der Waals surface area contributed by atoms with Crippen molar-refractivity contribution in [2.75, 3.05) is 0 Å². The molecule has 0 saturated carbocycles. The summed E-state index contributed by atoms with van der Waals surface area (Å²) in [7, 11) is 0. The molecular weight excluding hydrogens is 436 g/mol. The number of hydrogen-bond acceptors (Lipinski definition) is 4. The smallest absolute Gasteiger partial charge is 0.294 e. The SMILES string of the molecule is CC.Cc1cccc(C)c1CCc1cccc(N=Nc2c(C)[nH]n(Cc3ccccc3)c2=O)c1O. The van der Waals surface area contributed by atoms with E-state index in [1.54, 1.807) is 13.0 Å². The van der Waals surface area contributed by atoms with E-state index >= 15 is 0 Å². The third-order valence-electron chi connectivity index (χ3n) is 5.93. The van der Waals surface area contributed by atoms with Gasteiger partial charge in [-0.3, -0.25) is 9.89 Å². The summed E-state index contributed by atoms with van der Waals surface area (Å²) >= 11 is 0. The highest BCUT2D eigenvalue weighted by Crippen LogP contribution is 2.32. The molecule has 0 aliphatic heterocycles. The van der Waals surface area contributed by atoms with Crippen molar-refractivity contribution in [2.45, 2.75) is 54.0 Å². The van der Waals surface area contributed by atoms with E-state index in [4.69, 9.17) is 0 Å². The summed E-state index contributed by atoms with van der Waals surface area (Å²) in [6.07, 6.45) is 1.52. The highest BCUT2D eigenvalue weighted by molar-refractivity contribution is 5.55. The number of nitrogens with zero attached hydrogens (tertiary/aromatic N) is 3. The van der Waals surface area contributed by atoms with Crippen molar-refractivity contribution in [1.29, 1.82) is 0 Å². The Morgan fingerprint density at radius 3 is 2.17 bits per heavy atom. The van der Waals surface area contributed by atoms with Crippen LogP contribution >= 0.6 is 0 Å². The Morgan fingerprint density at radius 2 is 1.49 bits per heavy atom. The van der Waals surface area contributed by atoms with Gasteiger partial charge >= 0.3 is 0 Å². The van der Waals surface area contributed by atoms with E-state index in [2.05, 4.69) is 47.4 Å². The standard InChI is InChI=1S/C27H28N4O2.C2H6/c1-18-9-7-10-19(2)23(18)16-15-22-13-8-14-24(26(22)32)28-29-25-20(3)30-31(27(25)33)17-21-11-5-4-6-12-21;1-2/h4-14,30,32H,15-17H2,1-3H3;1-2H3. The first kappa shape index (κ1) is 25.7. The quantitative estimate of drug-likeness (QED) is 0.283. The molecule has 0 amide bonds. The molecule has 0 atom stereocenters. The summed E-state index contributed by atoms with van der Waals surface area (Å²) in [6, 6.07) is 21.5. The molecule has 0 radical (unpaired) electrons. The maximum absolute atomic E-state index is 12.8. The van der Waals surface area contributed by atoms with Gasteiger partial charge in [-0.15, -0.1) is 10.2 Å². The van der Waals surface area contributed by atoms with E-state index in [0.717, 1.165) is 17.5 Å². The molecule has 1 heterocycles. The number of azo groups is 1. The van der Waals surface area contributed by atoms with Crippen molar-refractivity contribution in [3.8, 4) is 5.75 Å². The van der Waals surface area contributed by atoms with E-state index in [1.165, 1.54) is 21.4 Å². The average molecular weight is 471 g/mol. The van der Waals surface area contributed by atoms with E-state index in [0.29, 0.717) is 24.3 Å². The second-order valence-electron chi connectivity index (χ2n) is 8.32. The van der Waals surface area contributed by atoms with Crippen LogP contribution in [0.5, 0.6) is 5.75 Å². The summed E-state index contributed by atoms with van der Waals surface area (Å²) in [4.78, 5) is 12.8. The molecule has 0 aliphatic carbocycles. The fraction of sp³-hybridized carbons (Fsp3) is 0.276. The topological polar surface area (TPSA) is 82.7 Å². The van der Waals surface area contributed by atoms with Gasteiger partial charge in [-0.1, -0.05) is 74.5 Å². The van der Waals surface area contributed by atoms with Crippen molar-refractivity contribution < 1.29 is 5.11 Å². The van der Waals surface area contributed by atoms with Crippen molar-refractivity contribution in [3.05, 3.63) is 111 Å². The van der Waals surface area contributed by atoms with Crippen LogP contribution in [0.15, 0.2) is 81.8 Å². The summed E-state index contributed by atoms with van der Waals surface area (Å²) in [5, 5.41) is 22.2. The lowest BCUT2D eigenvalue weighted by molar-refractivity contribution is 0.469. The van der Waals surface area contributed by atoms with E-state index in [-0.39, 0.29) is 17.0 Å². The molecule has 1 aromatic heterocycles. The van der Waals surface area contributed by atoms with Crippen molar-refractivity contribution in [2.24, 2.45) is 10.2 Å². The Balaban J connectivity index is 0.00000167. The zero-order valence-electron chi connectivity index (χ0n) is 21.2. The number of benzene rings is 3. The Hall–Kier alpha value is -3.93. The number of aromatic nitrogens is 2. The van der Waals surface area contributed by atoms with Crippen molar-refractivity contribution >= 4 is 11.4 Å². The lowest BCUT2D eigenvalue weighted by Gasteiger charge is -2.11. The number of rotatable bonds is 7. The molecular formula is C29H34N4O2. The monoisotopic (exact) mass is 470 g/mol. The highest BCUT2D eigenvalue weighted by Gasteiger charge is 2.13. The number of aromatic hydroxyl groups is 1. The van der Waals surface area contributed by atoms with Gasteiger partial charge in [-0.2, -0.15) is 0 Å². The fourth-order valence-corrected chi connectivity index (χ4v) is 4.06. The summed E-state index contributed by atoms with van der Waals surface area (Å²) in [5.74, 6) is 0.102. The Morgan fingerprint density at radius 1 is 0.829 bits per heavy atom. The summed E-state index contributed by atoms with van der Waals surface area (Å²) < 4.78 is 1.51. The molecule has 6 heteroatoms. The van der Waals surface area contributed by atoms with Gasteiger partial charge < -0.3 is 5.11 Å². The predicted octanol–water partition coefficient (Wildman–Crippen LogP) is 7.08. The maximum Gasteiger partial charge on any atom is 0.294 e. The Bertz CT molecular complexity index is 1330. The molecule has 0 spiro atoms. The molecule has 35 heavy (non-hydrogen) atoms. The molecule has 0 fully saturated rings. The molecule has 0 aliphatic rings. The van der Waals surface area contributed by atoms with Crippen molar-refractivity contribution in [3.63, 3.8) is 0 Å². The van der Waals surface area contributed by atoms with Gasteiger partial charge in [0.15, 0.2) is 5.69 Å². The third-order valence-corrected chi connectivity index (χ3v) is 5.93. The first-order valence-corrected chi connectivity index (χ1v) is 12.0. The third kappa shape index (κ3) is 6.15. The number of H-pyrrole nitrogens is 1. The molecule has 3 aromatic carbocycles. The molecule has 6 nitrogen and oxygen atoms in total. The van der Waals surface area contributed by atoms with Crippen LogP contribution < -0.4 is 5.56 Å². The van der Waals surface area contributed by atoms with Crippen LogP contribution in [0.2, 0.25) is 0 Å². The first-order chi connectivity index (χ1) is 16.9. The van der Waals surface area contributed by atoms with Crippen LogP contribution in [-0.2, 0) is 19.4 Å². The number of aromatic amines is 1. The van der Waals surface area contributed by atoms with Crippen LogP contribution in [0.4, 0.5) is 11.4 Å². The van der Waals surface area contributed by atoms with Crippen LogP contribution in [-0.4, -0.2) is 14.9 Å². The minimum absolute atomic E-state index is 0.102. The number of phenols is 1. The van der Waals surface area contributed by atoms with Gasteiger partial charge in [-0.05, 0) is 67.5 Å². The van der Waals surface area contributed by atoms with Crippen molar-refractivity contribution in [1.82, 2.24) is 9.78 Å². The van der Waals surface area contributed by atoms with E-state index in [9.17, 15) is 9.90 Å². The second-order valence-corrected chi connectivity index (χ2v) is 8.32. The summed E-state index contributed by atoms with van der Waals surface area (Å²) in [5.41, 5.74) is 6.59. The first-order valence-electron chi connectivity index (χ1n) is 12.0. The molecule has 0 saturated heterocycles. The van der Waals surface area contributed by atoms with E-state index in [1.807, 2.05) is 56.3 Å².